The fraction of sp³-hybridized carbons (Fsp3) is 0.615. The van der Waals surface area contributed by atoms with Crippen LogP contribution in [0.15, 0.2) is 17.5 Å². The molecule has 1 amide bonds. The summed E-state index contributed by atoms with van der Waals surface area (Å²) in [5.41, 5.74) is 0. The van der Waals surface area contributed by atoms with Crippen molar-refractivity contribution in [3.05, 3.63) is 22.4 Å². The molecule has 0 radical (unpaired) electrons. The third-order valence-corrected chi connectivity index (χ3v) is 4.18. The third kappa shape index (κ3) is 5.20. The lowest BCUT2D eigenvalue weighted by molar-refractivity contribution is -0.160. The zero-order chi connectivity index (χ0) is 15.3. The molecule has 0 saturated carbocycles. The van der Waals surface area contributed by atoms with Crippen molar-refractivity contribution in [1.82, 2.24) is 5.32 Å². The molecule has 0 spiro atoms. The number of amides is 1. The number of rotatable bonds is 4. The maximum atomic E-state index is 12.1. The van der Waals surface area contributed by atoms with Crippen molar-refractivity contribution in [1.29, 1.82) is 0 Å². The van der Waals surface area contributed by atoms with E-state index < -0.39 is 18.9 Å². The van der Waals surface area contributed by atoms with Crippen LogP contribution >= 0.6 is 11.3 Å². The maximum Gasteiger partial charge on any atom is 0.422 e. The monoisotopic (exact) mass is 323 g/mol. The SMILES string of the molecule is O=C(NC(c1cccs1)C1CCOCC1)OCC(F)(F)F. The number of ether oxygens (including phenoxy) is 2. The predicted molar refractivity (Wildman–Crippen MR) is 71.1 cm³/mol. The molecule has 8 heteroatoms. The minimum absolute atomic E-state index is 0.135. The van der Waals surface area contributed by atoms with Gasteiger partial charge in [-0.1, -0.05) is 6.07 Å². The average Bonchev–Trinajstić information content (AvgIpc) is 2.96. The first-order valence-electron chi connectivity index (χ1n) is 6.57. The van der Waals surface area contributed by atoms with Gasteiger partial charge in [0, 0.05) is 18.1 Å². The van der Waals surface area contributed by atoms with Gasteiger partial charge in [0.05, 0.1) is 6.04 Å². The minimum Gasteiger partial charge on any atom is -0.440 e. The number of hydrogen-bond donors (Lipinski definition) is 1. The molecule has 2 heterocycles. The Labute approximate surface area is 124 Å². The van der Waals surface area contributed by atoms with Crippen LogP contribution in [0.2, 0.25) is 0 Å². The lowest BCUT2D eigenvalue weighted by Gasteiger charge is -2.30. The van der Waals surface area contributed by atoms with Crippen molar-refractivity contribution in [2.75, 3.05) is 19.8 Å². The zero-order valence-corrected chi connectivity index (χ0v) is 12.0. The Kier molecular flexibility index (Phi) is 5.46. The highest BCUT2D eigenvalue weighted by molar-refractivity contribution is 7.10. The van der Waals surface area contributed by atoms with Gasteiger partial charge in [0.25, 0.3) is 0 Å². The van der Waals surface area contributed by atoms with Crippen LogP contribution in [0.3, 0.4) is 0 Å². The van der Waals surface area contributed by atoms with Crippen molar-refractivity contribution in [3.63, 3.8) is 0 Å². The van der Waals surface area contributed by atoms with Crippen LogP contribution in [-0.2, 0) is 9.47 Å². The highest BCUT2D eigenvalue weighted by Gasteiger charge is 2.32. The number of alkyl carbamates (subject to hydrolysis) is 1. The summed E-state index contributed by atoms with van der Waals surface area (Å²) in [5, 5.41) is 4.42. The van der Waals surface area contributed by atoms with Crippen molar-refractivity contribution in [2.24, 2.45) is 5.92 Å². The number of halogens is 3. The molecule has 0 bridgehead atoms. The summed E-state index contributed by atoms with van der Waals surface area (Å²) in [6.45, 7) is -0.401. The van der Waals surface area contributed by atoms with Gasteiger partial charge in [-0.15, -0.1) is 11.3 Å². The lowest BCUT2D eigenvalue weighted by atomic mass is 9.91. The van der Waals surface area contributed by atoms with E-state index in [0.29, 0.717) is 13.2 Å². The largest absolute Gasteiger partial charge is 0.440 e. The van der Waals surface area contributed by atoms with Crippen molar-refractivity contribution in [3.8, 4) is 0 Å². The molecule has 1 aromatic rings. The topological polar surface area (TPSA) is 47.6 Å². The molecule has 1 atom stereocenters. The van der Waals surface area contributed by atoms with Gasteiger partial charge < -0.3 is 14.8 Å². The number of thiophene rings is 1. The van der Waals surface area contributed by atoms with Gasteiger partial charge in [-0.25, -0.2) is 4.79 Å². The lowest BCUT2D eigenvalue weighted by Crippen LogP contribution is -2.37. The highest BCUT2D eigenvalue weighted by Crippen LogP contribution is 2.32. The van der Waals surface area contributed by atoms with E-state index in [4.69, 9.17) is 4.74 Å². The van der Waals surface area contributed by atoms with Gasteiger partial charge >= 0.3 is 12.3 Å². The van der Waals surface area contributed by atoms with Crippen LogP contribution in [0.1, 0.15) is 23.8 Å². The van der Waals surface area contributed by atoms with Crippen LogP contribution in [-0.4, -0.2) is 32.1 Å². The first-order valence-corrected chi connectivity index (χ1v) is 7.45. The molecule has 0 aliphatic carbocycles. The summed E-state index contributed by atoms with van der Waals surface area (Å²) in [4.78, 5) is 12.5. The molecule has 1 saturated heterocycles. The van der Waals surface area contributed by atoms with Gasteiger partial charge in [0.15, 0.2) is 6.61 Å². The maximum absolute atomic E-state index is 12.1. The van der Waals surface area contributed by atoms with E-state index in [9.17, 15) is 18.0 Å². The zero-order valence-electron chi connectivity index (χ0n) is 11.2. The first-order chi connectivity index (χ1) is 9.96. The van der Waals surface area contributed by atoms with Gasteiger partial charge in [0.2, 0.25) is 0 Å². The number of carbonyl (C=O) groups is 1. The van der Waals surface area contributed by atoms with E-state index in [0.717, 1.165) is 17.7 Å². The van der Waals surface area contributed by atoms with E-state index in [1.54, 1.807) is 0 Å². The molecular weight excluding hydrogens is 307 g/mol. The molecule has 1 N–H and O–H groups in total. The third-order valence-electron chi connectivity index (χ3n) is 3.23. The molecule has 1 unspecified atom stereocenters. The summed E-state index contributed by atoms with van der Waals surface area (Å²) in [6, 6.07) is 3.36. The van der Waals surface area contributed by atoms with Crippen molar-refractivity contribution < 1.29 is 27.4 Å². The Morgan fingerprint density at radius 2 is 2.19 bits per heavy atom. The standard InChI is InChI=1S/C13H16F3NO3S/c14-13(15,16)8-20-12(18)17-11(10-2-1-7-21-10)9-3-5-19-6-4-9/h1-2,7,9,11H,3-6,8H2,(H,17,18). The molecule has 1 fully saturated rings. The fourth-order valence-corrected chi connectivity index (χ4v) is 3.12. The van der Waals surface area contributed by atoms with E-state index in [1.165, 1.54) is 11.3 Å². The Bertz CT molecular complexity index is 444. The van der Waals surface area contributed by atoms with E-state index >= 15 is 0 Å². The molecule has 1 aliphatic rings. The molecule has 1 aliphatic heterocycles. The Morgan fingerprint density at radius 3 is 2.76 bits per heavy atom. The number of alkyl halides is 3. The summed E-state index contributed by atoms with van der Waals surface area (Å²) in [6.07, 6.45) is -4.06. The van der Waals surface area contributed by atoms with Gasteiger partial charge in [-0.2, -0.15) is 13.2 Å². The quantitative estimate of drug-likeness (QED) is 0.922. The second-order valence-electron chi connectivity index (χ2n) is 4.78. The van der Waals surface area contributed by atoms with Crippen molar-refractivity contribution in [2.45, 2.75) is 25.1 Å². The van der Waals surface area contributed by atoms with Gasteiger partial charge in [-0.3, -0.25) is 0 Å². The summed E-state index contributed by atoms with van der Waals surface area (Å²) in [7, 11) is 0. The fourth-order valence-electron chi connectivity index (χ4n) is 2.25. The van der Waals surface area contributed by atoms with Crippen LogP contribution in [0.25, 0.3) is 0 Å². The first kappa shape index (κ1) is 16.1. The van der Waals surface area contributed by atoms with E-state index in [2.05, 4.69) is 10.1 Å². The molecule has 1 aromatic heterocycles. The summed E-state index contributed by atoms with van der Waals surface area (Å²) < 4.78 is 45.7. The Balaban J connectivity index is 1.97. The highest BCUT2D eigenvalue weighted by atomic mass is 32.1. The normalized spacial score (nSPS) is 18.2. The van der Waals surface area contributed by atoms with Crippen LogP contribution in [0.4, 0.5) is 18.0 Å². The molecule has 0 aromatic carbocycles. The van der Waals surface area contributed by atoms with E-state index in [1.807, 2.05) is 17.5 Å². The summed E-state index contributed by atoms with van der Waals surface area (Å²) >= 11 is 1.46. The smallest absolute Gasteiger partial charge is 0.422 e. The van der Waals surface area contributed by atoms with Gasteiger partial charge in [-0.05, 0) is 30.2 Å². The molecule has 118 valence electrons. The predicted octanol–water partition coefficient (Wildman–Crippen LogP) is 3.50. The molecule has 4 nitrogen and oxygen atoms in total. The minimum atomic E-state index is -4.52. The second kappa shape index (κ2) is 7.13. The van der Waals surface area contributed by atoms with Crippen molar-refractivity contribution >= 4 is 17.4 Å². The van der Waals surface area contributed by atoms with Crippen LogP contribution in [0, 0.1) is 5.92 Å². The number of nitrogens with one attached hydrogen (secondary N) is 1. The average molecular weight is 323 g/mol. The Hall–Kier alpha value is -1.28. The second-order valence-corrected chi connectivity index (χ2v) is 5.76. The Morgan fingerprint density at radius 1 is 1.48 bits per heavy atom. The summed E-state index contributed by atoms with van der Waals surface area (Å²) in [5.74, 6) is 0.135. The number of hydrogen-bond acceptors (Lipinski definition) is 4. The number of carbonyl (C=O) groups excluding carboxylic acids is 1. The molecule has 2 rings (SSSR count). The van der Waals surface area contributed by atoms with E-state index in [-0.39, 0.29) is 12.0 Å². The van der Waals surface area contributed by atoms with Gasteiger partial charge in [0.1, 0.15) is 0 Å². The molecule has 21 heavy (non-hydrogen) atoms. The van der Waals surface area contributed by atoms with Crippen LogP contribution in [0.5, 0.6) is 0 Å². The molecular formula is C13H16F3NO3S. The van der Waals surface area contributed by atoms with Crippen LogP contribution < -0.4 is 5.32 Å².